The minimum Gasteiger partial charge on any atom is -0.495 e. The number of rotatable bonds is 6. The van der Waals surface area contributed by atoms with E-state index in [4.69, 9.17) is 9.84 Å². The van der Waals surface area contributed by atoms with Crippen molar-refractivity contribution in [3.8, 4) is 0 Å². The standard InChI is InChI=1S/C15H20N2O2/c1-3-5-14(19-2)13-10-12(6-4-9-18)11-15-16-7-8-17(13)15/h5,7-8,10-11,18H,3-4,6,9H2,1-2H3/b14-5+. The van der Waals surface area contributed by atoms with Gasteiger partial charge >= 0.3 is 0 Å². The second kappa shape index (κ2) is 6.38. The van der Waals surface area contributed by atoms with E-state index in [1.165, 1.54) is 5.56 Å². The highest BCUT2D eigenvalue weighted by Crippen LogP contribution is 2.20. The number of ether oxygens (including phenoxy) is 1. The highest BCUT2D eigenvalue weighted by molar-refractivity contribution is 5.61. The second-order valence-corrected chi connectivity index (χ2v) is 4.41. The minimum absolute atomic E-state index is 0.205. The van der Waals surface area contributed by atoms with E-state index >= 15 is 0 Å². The number of pyridine rings is 1. The van der Waals surface area contributed by atoms with Crippen molar-refractivity contribution >= 4 is 11.4 Å². The number of aliphatic hydroxyl groups is 1. The Labute approximate surface area is 113 Å². The molecule has 19 heavy (non-hydrogen) atoms. The lowest BCUT2D eigenvalue weighted by Crippen LogP contribution is -2.00. The van der Waals surface area contributed by atoms with Crippen molar-refractivity contribution in [3.05, 3.63) is 41.9 Å². The molecule has 0 aliphatic rings. The van der Waals surface area contributed by atoms with E-state index in [-0.39, 0.29) is 6.61 Å². The number of fused-ring (bicyclic) bond motifs is 1. The molecule has 0 aliphatic carbocycles. The van der Waals surface area contributed by atoms with Crippen LogP contribution in [0.3, 0.4) is 0 Å². The SMILES string of the molecule is CC/C=C(/OC)c1cc(CCCO)cc2nccn12. The van der Waals surface area contributed by atoms with Crippen LogP contribution in [0.5, 0.6) is 0 Å². The van der Waals surface area contributed by atoms with Crippen LogP contribution in [0.15, 0.2) is 30.6 Å². The summed E-state index contributed by atoms with van der Waals surface area (Å²) in [5, 5.41) is 8.95. The summed E-state index contributed by atoms with van der Waals surface area (Å²) in [6, 6.07) is 4.16. The van der Waals surface area contributed by atoms with Crippen molar-refractivity contribution in [1.29, 1.82) is 0 Å². The molecule has 2 aromatic rings. The Kier molecular flexibility index (Phi) is 4.58. The average Bonchev–Trinajstić information content (AvgIpc) is 2.90. The first-order valence-electron chi connectivity index (χ1n) is 6.61. The van der Waals surface area contributed by atoms with Gasteiger partial charge < -0.3 is 9.84 Å². The Morgan fingerprint density at radius 3 is 3.00 bits per heavy atom. The van der Waals surface area contributed by atoms with Gasteiger partial charge in [0.1, 0.15) is 11.4 Å². The van der Waals surface area contributed by atoms with Crippen LogP contribution in [-0.4, -0.2) is 28.2 Å². The maximum absolute atomic E-state index is 8.95. The van der Waals surface area contributed by atoms with Crippen molar-refractivity contribution < 1.29 is 9.84 Å². The Hall–Kier alpha value is -1.81. The molecular formula is C15H20N2O2. The summed E-state index contributed by atoms with van der Waals surface area (Å²) in [6.07, 6.45) is 8.30. The lowest BCUT2D eigenvalue weighted by Gasteiger charge is -2.11. The molecule has 2 heterocycles. The molecule has 0 aromatic carbocycles. The van der Waals surface area contributed by atoms with Gasteiger partial charge in [-0.3, -0.25) is 4.40 Å². The van der Waals surface area contributed by atoms with Crippen LogP contribution in [0.1, 0.15) is 31.0 Å². The van der Waals surface area contributed by atoms with Gasteiger partial charge in [-0.25, -0.2) is 4.98 Å². The Bertz CT molecular complexity index is 573. The fourth-order valence-corrected chi connectivity index (χ4v) is 2.17. The van der Waals surface area contributed by atoms with Gasteiger partial charge in [-0.1, -0.05) is 6.92 Å². The maximum Gasteiger partial charge on any atom is 0.138 e. The summed E-state index contributed by atoms with van der Waals surface area (Å²) in [5.74, 6) is 0.858. The van der Waals surface area contributed by atoms with E-state index in [1.54, 1.807) is 13.3 Å². The lowest BCUT2D eigenvalue weighted by molar-refractivity contribution is 0.288. The Morgan fingerprint density at radius 1 is 1.47 bits per heavy atom. The first kappa shape index (κ1) is 13.6. The van der Waals surface area contributed by atoms with E-state index in [2.05, 4.69) is 30.1 Å². The quantitative estimate of drug-likeness (QED) is 0.812. The molecule has 0 aliphatic heterocycles. The van der Waals surface area contributed by atoms with Crippen LogP contribution < -0.4 is 0 Å². The predicted molar refractivity (Wildman–Crippen MR) is 75.9 cm³/mol. The molecule has 0 saturated heterocycles. The molecule has 0 unspecified atom stereocenters. The van der Waals surface area contributed by atoms with Crippen molar-refractivity contribution in [1.82, 2.24) is 9.38 Å². The minimum atomic E-state index is 0.205. The lowest BCUT2D eigenvalue weighted by atomic mass is 10.1. The summed E-state index contributed by atoms with van der Waals surface area (Å²) in [6.45, 7) is 2.29. The van der Waals surface area contributed by atoms with Crippen LogP contribution >= 0.6 is 0 Å². The summed E-state index contributed by atoms with van der Waals surface area (Å²) in [5.41, 5.74) is 3.08. The zero-order valence-corrected chi connectivity index (χ0v) is 11.5. The van der Waals surface area contributed by atoms with Crippen molar-refractivity contribution in [3.63, 3.8) is 0 Å². The van der Waals surface area contributed by atoms with Crippen molar-refractivity contribution in [2.45, 2.75) is 26.2 Å². The molecule has 2 aromatic heterocycles. The number of hydrogen-bond donors (Lipinski definition) is 1. The zero-order valence-electron chi connectivity index (χ0n) is 11.5. The monoisotopic (exact) mass is 260 g/mol. The Morgan fingerprint density at radius 2 is 2.32 bits per heavy atom. The molecule has 0 atom stereocenters. The molecule has 0 bridgehead atoms. The molecule has 0 saturated carbocycles. The van der Waals surface area contributed by atoms with Crippen LogP contribution in [0.2, 0.25) is 0 Å². The highest BCUT2D eigenvalue weighted by atomic mass is 16.5. The van der Waals surface area contributed by atoms with Crippen LogP contribution in [0.4, 0.5) is 0 Å². The fourth-order valence-electron chi connectivity index (χ4n) is 2.17. The largest absolute Gasteiger partial charge is 0.495 e. The highest BCUT2D eigenvalue weighted by Gasteiger charge is 2.09. The third-order valence-electron chi connectivity index (χ3n) is 3.05. The zero-order chi connectivity index (χ0) is 13.7. The molecule has 0 radical (unpaired) electrons. The smallest absolute Gasteiger partial charge is 0.138 e. The number of aliphatic hydroxyl groups excluding tert-OH is 1. The normalized spacial score (nSPS) is 12.1. The van der Waals surface area contributed by atoms with Gasteiger partial charge in [0.05, 0.1) is 12.8 Å². The maximum atomic E-state index is 8.95. The predicted octanol–water partition coefficient (Wildman–Crippen LogP) is 2.66. The van der Waals surface area contributed by atoms with E-state index < -0.39 is 0 Å². The number of aromatic nitrogens is 2. The van der Waals surface area contributed by atoms with Crippen molar-refractivity contribution in [2.75, 3.05) is 13.7 Å². The van der Waals surface area contributed by atoms with Gasteiger partial charge in [0.2, 0.25) is 0 Å². The third-order valence-corrected chi connectivity index (χ3v) is 3.05. The molecule has 4 heteroatoms. The first-order valence-corrected chi connectivity index (χ1v) is 6.61. The van der Waals surface area contributed by atoms with Crippen LogP contribution in [0.25, 0.3) is 11.4 Å². The second-order valence-electron chi connectivity index (χ2n) is 4.41. The molecule has 2 rings (SSSR count). The van der Waals surface area contributed by atoms with Crippen molar-refractivity contribution in [2.24, 2.45) is 0 Å². The molecule has 0 amide bonds. The van der Waals surface area contributed by atoms with E-state index in [0.29, 0.717) is 0 Å². The van der Waals surface area contributed by atoms with E-state index in [0.717, 1.165) is 36.4 Å². The molecule has 4 nitrogen and oxygen atoms in total. The summed E-state index contributed by atoms with van der Waals surface area (Å²) in [4.78, 5) is 4.34. The van der Waals surface area contributed by atoms with Gasteiger partial charge in [0.15, 0.2) is 0 Å². The van der Waals surface area contributed by atoms with E-state index in [1.807, 2.05) is 10.6 Å². The number of allylic oxidation sites excluding steroid dienone is 1. The molecule has 1 N–H and O–H groups in total. The van der Waals surface area contributed by atoms with Gasteiger partial charge in [0, 0.05) is 19.0 Å². The van der Waals surface area contributed by atoms with Gasteiger partial charge in [-0.05, 0) is 43.0 Å². The number of imidazole rings is 1. The van der Waals surface area contributed by atoms with Crippen LogP contribution in [-0.2, 0) is 11.2 Å². The molecule has 0 fully saturated rings. The number of hydrogen-bond acceptors (Lipinski definition) is 3. The van der Waals surface area contributed by atoms with E-state index in [9.17, 15) is 0 Å². The average molecular weight is 260 g/mol. The van der Waals surface area contributed by atoms with Gasteiger partial charge in [-0.2, -0.15) is 0 Å². The summed E-state index contributed by atoms with van der Waals surface area (Å²) in [7, 11) is 1.69. The molecular weight excluding hydrogens is 240 g/mol. The Balaban J connectivity index is 2.50. The number of nitrogens with zero attached hydrogens (tertiary/aromatic N) is 2. The van der Waals surface area contributed by atoms with Crippen LogP contribution in [0, 0.1) is 0 Å². The molecule has 0 spiro atoms. The fraction of sp³-hybridized carbons (Fsp3) is 0.400. The number of aryl methyl sites for hydroxylation is 1. The number of methoxy groups -OCH3 is 1. The van der Waals surface area contributed by atoms with Gasteiger partial charge in [0.25, 0.3) is 0 Å². The first-order chi connectivity index (χ1) is 9.30. The molecule has 102 valence electrons. The summed E-state index contributed by atoms with van der Waals surface area (Å²) >= 11 is 0. The van der Waals surface area contributed by atoms with Gasteiger partial charge in [-0.15, -0.1) is 0 Å². The third kappa shape index (κ3) is 2.96. The summed E-state index contributed by atoms with van der Waals surface area (Å²) < 4.78 is 7.50. The topological polar surface area (TPSA) is 46.8 Å².